The largest absolute Gasteiger partial charge is 0.484 e. The van der Waals surface area contributed by atoms with E-state index in [1.54, 1.807) is 24.3 Å². The second-order valence-electron chi connectivity index (χ2n) is 5.62. The minimum absolute atomic E-state index is 0.0845. The molecule has 0 aliphatic heterocycles. The molecule has 0 heterocycles. The third-order valence-electron chi connectivity index (χ3n) is 3.47. The van der Waals surface area contributed by atoms with Gasteiger partial charge < -0.3 is 20.7 Å². The molecule has 3 N–H and O–H groups in total. The average Bonchev–Trinajstić information content (AvgIpc) is 2.66. The monoisotopic (exact) mass is 423 g/mol. The van der Waals surface area contributed by atoms with Crippen LogP contribution in [-0.4, -0.2) is 37.4 Å². The summed E-state index contributed by atoms with van der Waals surface area (Å²) in [6.07, 6.45) is 0. The number of carbonyl (C=O) groups excluding carboxylic acids is 3. The summed E-state index contributed by atoms with van der Waals surface area (Å²) in [7, 11) is 0. The first-order chi connectivity index (χ1) is 13.4. The predicted molar refractivity (Wildman–Crippen MR) is 108 cm³/mol. The van der Waals surface area contributed by atoms with E-state index in [2.05, 4.69) is 16.0 Å². The number of hydrogen-bond acceptors (Lipinski definition) is 4. The topological polar surface area (TPSA) is 96.5 Å². The average molecular weight is 424 g/mol. The van der Waals surface area contributed by atoms with Gasteiger partial charge in [0.2, 0.25) is 5.91 Å². The smallest absolute Gasteiger partial charge is 0.257 e. The molecule has 2 aromatic rings. The first kappa shape index (κ1) is 21.5. The minimum Gasteiger partial charge on any atom is -0.484 e. The number of hydrogen-bond donors (Lipinski definition) is 3. The van der Waals surface area contributed by atoms with Gasteiger partial charge in [-0.1, -0.05) is 23.2 Å². The molecule has 9 heteroatoms. The lowest BCUT2D eigenvalue weighted by Crippen LogP contribution is -2.33. The second-order valence-corrected chi connectivity index (χ2v) is 6.47. The van der Waals surface area contributed by atoms with Crippen LogP contribution < -0.4 is 20.7 Å². The highest BCUT2D eigenvalue weighted by Gasteiger charge is 2.12. The third-order valence-corrected chi connectivity index (χ3v) is 4.02. The summed E-state index contributed by atoms with van der Waals surface area (Å²) in [6.45, 7) is 2.04. The first-order valence-electron chi connectivity index (χ1n) is 8.41. The Morgan fingerprint density at radius 2 is 1.68 bits per heavy atom. The minimum atomic E-state index is -0.481. The molecule has 28 heavy (non-hydrogen) atoms. The number of rotatable bonds is 8. The van der Waals surface area contributed by atoms with Gasteiger partial charge in [-0.2, -0.15) is 0 Å². The van der Waals surface area contributed by atoms with Crippen molar-refractivity contribution in [2.75, 3.05) is 25.0 Å². The Morgan fingerprint density at radius 3 is 2.32 bits per heavy atom. The molecule has 0 aliphatic rings. The Bertz CT molecular complexity index is 857. The number of ether oxygens (including phenoxy) is 1. The number of carbonyl (C=O) groups is 3. The van der Waals surface area contributed by atoms with Crippen molar-refractivity contribution >= 4 is 46.6 Å². The normalized spacial score (nSPS) is 10.1. The molecular weight excluding hydrogens is 405 g/mol. The first-order valence-corrected chi connectivity index (χ1v) is 9.17. The molecule has 0 aliphatic carbocycles. The van der Waals surface area contributed by atoms with Gasteiger partial charge in [0, 0.05) is 17.3 Å². The van der Waals surface area contributed by atoms with Gasteiger partial charge in [-0.3, -0.25) is 14.4 Å². The van der Waals surface area contributed by atoms with E-state index >= 15 is 0 Å². The number of likely N-dealkylation sites (N-methyl/N-ethyl adjacent to an activating group) is 1. The van der Waals surface area contributed by atoms with Crippen LogP contribution in [0.3, 0.4) is 0 Å². The molecule has 148 valence electrons. The fourth-order valence-corrected chi connectivity index (χ4v) is 2.66. The highest BCUT2D eigenvalue weighted by atomic mass is 35.5. The number of nitrogens with one attached hydrogen (secondary N) is 3. The summed E-state index contributed by atoms with van der Waals surface area (Å²) in [5.74, 6) is -0.605. The van der Waals surface area contributed by atoms with Crippen LogP contribution in [-0.2, 0) is 9.59 Å². The molecule has 0 aromatic heterocycles. The molecule has 2 rings (SSSR count). The molecule has 0 unspecified atom stereocenters. The van der Waals surface area contributed by atoms with Gasteiger partial charge in [-0.05, 0) is 49.4 Å². The van der Waals surface area contributed by atoms with Crippen LogP contribution in [0.25, 0.3) is 0 Å². The number of benzene rings is 2. The zero-order valence-corrected chi connectivity index (χ0v) is 16.6. The number of amides is 3. The SMILES string of the molecule is CCNC(=O)COc1ccc(NC(=O)CNC(=O)c2ccc(Cl)cc2Cl)cc1. The Kier molecular flexibility index (Phi) is 8.10. The summed E-state index contributed by atoms with van der Waals surface area (Å²) >= 11 is 11.8. The van der Waals surface area contributed by atoms with E-state index in [0.29, 0.717) is 23.0 Å². The lowest BCUT2D eigenvalue weighted by atomic mass is 10.2. The van der Waals surface area contributed by atoms with Gasteiger partial charge in [-0.25, -0.2) is 0 Å². The maximum atomic E-state index is 12.1. The molecule has 0 saturated heterocycles. The van der Waals surface area contributed by atoms with Crippen LogP contribution >= 0.6 is 23.2 Å². The summed E-state index contributed by atoms with van der Waals surface area (Å²) in [5.41, 5.74) is 0.751. The molecule has 2 aromatic carbocycles. The van der Waals surface area contributed by atoms with Crippen molar-refractivity contribution in [2.24, 2.45) is 0 Å². The standard InChI is InChI=1S/C19H19Cl2N3O4/c1-2-22-18(26)11-28-14-6-4-13(5-7-14)24-17(25)10-23-19(27)15-8-3-12(20)9-16(15)21/h3-9H,2,10-11H2,1H3,(H,22,26)(H,23,27)(H,24,25). The molecule has 0 saturated carbocycles. The van der Waals surface area contributed by atoms with Gasteiger partial charge in [0.15, 0.2) is 6.61 Å². The van der Waals surface area contributed by atoms with Crippen molar-refractivity contribution < 1.29 is 19.1 Å². The van der Waals surface area contributed by atoms with E-state index in [4.69, 9.17) is 27.9 Å². The van der Waals surface area contributed by atoms with Gasteiger partial charge in [0.1, 0.15) is 5.75 Å². The zero-order valence-electron chi connectivity index (χ0n) is 15.1. The van der Waals surface area contributed by atoms with Crippen LogP contribution in [0.4, 0.5) is 5.69 Å². The van der Waals surface area contributed by atoms with Crippen LogP contribution in [0.2, 0.25) is 10.0 Å². The highest BCUT2D eigenvalue weighted by molar-refractivity contribution is 6.36. The maximum absolute atomic E-state index is 12.1. The molecule has 3 amide bonds. The van der Waals surface area contributed by atoms with Gasteiger partial charge in [0.25, 0.3) is 11.8 Å². The molecule has 0 bridgehead atoms. The van der Waals surface area contributed by atoms with Crippen molar-refractivity contribution in [3.8, 4) is 5.75 Å². The molecular formula is C19H19Cl2N3O4. The van der Waals surface area contributed by atoms with E-state index in [-0.39, 0.29) is 29.6 Å². The maximum Gasteiger partial charge on any atom is 0.257 e. The Morgan fingerprint density at radius 1 is 0.964 bits per heavy atom. The van der Waals surface area contributed by atoms with E-state index in [1.807, 2.05) is 6.92 Å². The predicted octanol–water partition coefficient (Wildman–Crippen LogP) is 2.88. The highest BCUT2D eigenvalue weighted by Crippen LogP contribution is 2.20. The van der Waals surface area contributed by atoms with Crippen LogP contribution in [0, 0.1) is 0 Å². The second kappa shape index (κ2) is 10.5. The lowest BCUT2D eigenvalue weighted by molar-refractivity contribution is -0.123. The fraction of sp³-hybridized carbons (Fsp3) is 0.211. The van der Waals surface area contributed by atoms with Crippen LogP contribution in [0.1, 0.15) is 17.3 Å². The van der Waals surface area contributed by atoms with Gasteiger partial charge in [0.05, 0.1) is 17.1 Å². The third kappa shape index (κ3) is 6.75. The summed E-state index contributed by atoms with van der Waals surface area (Å²) in [6, 6.07) is 11.0. The van der Waals surface area contributed by atoms with Crippen LogP contribution in [0.15, 0.2) is 42.5 Å². The fourth-order valence-electron chi connectivity index (χ4n) is 2.17. The summed E-state index contributed by atoms with van der Waals surface area (Å²) in [4.78, 5) is 35.4. The molecule has 0 radical (unpaired) electrons. The molecule has 7 nitrogen and oxygen atoms in total. The number of halogens is 2. The van der Waals surface area contributed by atoms with Crippen molar-refractivity contribution in [3.63, 3.8) is 0 Å². The van der Waals surface area contributed by atoms with Crippen molar-refractivity contribution in [3.05, 3.63) is 58.1 Å². The molecule has 0 atom stereocenters. The van der Waals surface area contributed by atoms with Crippen molar-refractivity contribution in [1.82, 2.24) is 10.6 Å². The lowest BCUT2D eigenvalue weighted by Gasteiger charge is -2.09. The van der Waals surface area contributed by atoms with Crippen molar-refractivity contribution in [1.29, 1.82) is 0 Å². The Labute approximate surface area is 172 Å². The molecule has 0 spiro atoms. The quantitative estimate of drug-likeness (QED) is 0.607. The van der Waals surface area contributed by atoms with Crippen LogP contribution in [0.5, 0.6) is 5.75 Å². The Hall–Kier alpha value is -2.77. The van der Waals surface area contributed by atoms with Gasteiger partial charge in [-0.15, -0.1) is 0 Å². The van der Waals surface area contributed by atoms with Gasteiger partial charge >= 0.3 is 0 Å². The summed E-state index contributed by atoms with van der Waals surface area (Å²) < 4.78 is 5.32. The summed E-state index contributed by atoms with van der Waals surface area (Å²) in [5, 5.41) is 8.37. The molecule has 0 fully saturated rings. The van der Waals surface area contributed by atoms with E-state index in [0.717, 1.165) is 0 Å². The van der Waals surface area contributed by atoms with E-state index < -0.39 is 11.8 Å². The van der Waals surface area contributed by atoms with E-state index in [9.17, 15) is 14.4 Å². The Balaban J connectivity index is 1.81. The van der Waals surface area contributed by atoms with E-state index in [1.165, 1.54) is 18.2 Å². The number of anilines is 1. The van der Waals surface area contributed by atoms with Crippen molar-refractivity contribution in [2.45, 2.75) is 6.92 Å². The zero-order chi connectivity index (χ0) is 20.5.